The highest BCUT2D eigenvalue weighted by Gasteiger charge is 1.96. The van der Waals surface area contributed by atoms with Crippen LogP contribution in [0.4, 0.5) is 0 Å². The molecule has 206 valence electrons. The van der Waals surface area contributed by atoms with Crippen molar-refractivity contribution in [1.82, 2.24) is 26.8 Å². The first-order chi connectivity index (χ1) is 16.1. The van der Waals surface area contributed by atoms with E-state index in [0.29, 0.717) is 19.1 Å². The molecule has 7 N–H and O–H groups in total. The van der Waals surface area contributed by atoms with E-state index < -0.39 is 12.5 Å². The zero-order chi connectivity index (χ0) is 27.0. The molecule has 0 aliphatic heterocycles. The molecule has 0 bridgehead atoms. The second-order valence-corrected chi connectivity index (χ2v) is 5.39. The fourth-order valence-electron chi connectivity index (χ4n) is 1.23. The van der Waals surface area contributed by atoms with E-state index in [-0.39, 0.29) is 66.7 Å². The summed E-state index contributed by atoms with van der Waals surface area (Å²) in [6.07, 6.45) is 1.85. The van der Waals surface area contributed by atoms with E-state index in [1.165, 1.54) is 0 Å². The van der Waals surface area contributed by atoms with E-state index in [2.05, 4.69) is 33.7 Å². The van der Waals surface area contributed by atoms with Gasteiger partial charge < -0.3 is 40.9 Å². The summed E-state index contributed by atoms with van der Waals surface area (Å²) in [7, 11) is 0. The highest BCUT2D eigenvalue weighted by molar-refractivity contribution is 5.80. The summed E-state index contributed by atoms with van der Waals surface area (Å²) in [6, 6.07) is 0. The normalized spacial score (nSPS) is 9.09. The summed E-state index contributed by atoms with van der Waals surface area (Å²) in [5, 5.41) is 8.16. The van der Waals surface area contributed by atoms with Gasteiger partial charge in [-0.25, -0.2) is 0 Å². The number of hydrogen-bond acceptors (Lipinski definition) is 11. The number of nitrogens with two attached hydrogens (primary N) is 1. The van der Waals surface area contributed by atoms with Gasteiger partial charge in [0.25, 0.3) is 0 Å². The smallest absolute Gasteiger partial charge is 0.234 e. The number of Topliss-reactive ketones (excluding diaryl/α,β-unsaturated/α-hetero) is 1. The first-order valence-electron chi connectivity index (χ1n) is 11.3. The molecule has 0 rings (SSSR count). The summed E-state index contributed by atoms with van der Waals surface area (Å²) >= 11 is 0. The molecule has 0 aromatic rings. The molecule has 0 aliphatic rings. The van der Waals surface area contributed by atoms with Crippen molar-refractivity contribution in [2.45, 2.75) is 55.9 Å². The SMILES string of the molecule is C.C.C.CCCNCC(C)=O.[2H]C(=O)CNC(=O)CNCCC.[2H]C(=O)CNNCC=O.[2H]NCC=O. The van der Waals surface area contributed by atoms with Crippen LogP contribution in [0.5, 0.6) is 0 Å². The minimum absolute atomic E-state index is 0. The van der Waals surface area contributed by atoms with Gasteiger partial charge >= 0.3 is 0 Å². The highest BCUT2D eigenvalue weighted by atomic mass is 16.2. The quantitative estimate of drug-likeness (QED) is 0.0852. The third-order valence-electron chi connectivity index (χ3n) is 2.43. The Labute approximate surface area is 211 Å². The monoisotopic (exact) mass is 499 g/mol. The van der Waals surface area contributed by atoms with Crippen LogP contribution in [-0.2, 0) is 28.8 Å². The first kappa shape index (κ1) is 38.9. The molecule has 1 amide bonds. The number of hydrogen-bond donors (Lipinski definition) is 6. The molecule has 0 saturated carbocycles. The van der Waals surface area contributed by atoms with E-state index in [9.17, 15) is 28.8 Å². The third kappa shape index (κ3) is 78.1. The van der Waals surface area contributed by atoms with Crippen molar-refractivity contribution in [2.75, 3.05) is 52.4 Å². The summed E-state index contributed by atoms with van der Waals surface area (Å²) in [4.78, 5) is 59.9. The number of hydrazine groups is 1. The molecule has 12 nitrogen and oxygen atoms in total. The van der Waals surface area contributed by atoms with Gasteiger partial charge in [0.2, 0.25) is 5.91 Å². The van der Waals surface area contributed by atoms with Gasteiger partial charge in [-0.05, 0) is 32.9 Å². The Kier molecular flexibility index (Phi) is 60.0. The summed E-state index contributed by atoms with van der Waals surface area (Å²) in [5.41, 5.74) is 6.67. The average molecular weight is 500 g/mol. The number of rotatable bonds is 17. The van der Waals surface area contributed by atoms with Gasteiger partial charge in [-0.15, -0.1) is 0 Å². The van der Waals surface area contributed by atoms with Crippen LogP contribution in [0.2, 0.25) is 1.41 Å². The average Bonchev–Trinajstić information content (AvgIpc) is 2.77. The Morgan fingerprint density at radius 1 is 0.824 bits per heavy atom. The van der Waals surface area contributed by atoms with Gasteiger partial charge in [-0.3, -0.25) is 20.4 Å². The van der Waals surface area contributed by atoms with Crippen LogP contribution in [0.15, 0.2) is 0 Å². The zero-order valence-corrected chi connectivity index (χ0v) is 18.7. The van der Waals surface area contributed by atoms with Crippen molar-refractivity contribution >= 4 is 36.8 Å². The largest absolute Gasteiger partial charge is 0.348 e. The fourth-order valence-corrected chi connectivity index (χ4v) is 1.23. The molecule has 0 saturated heterocycles. The predicted molar refractivity (Wildman–Crippen MR) is 140 cm³/mol. The van der Waals surface area contributed by atoms with Gasteiger partial charge in [-0.1, -0.05) is 36.1 Å². The van der Waals surface area contributed by atoms with Gasteiger partial charge in [-0.2, -0.15) is 0 Å². The molecule has 34 heavy (non-hydrogen) atoms. The second-order valence-electron chi connectivity index (χ2n) is 5.39. The van der Waals surface area contributed by atoms with E-state index in [1.54, 1.807) is 6.92 Å². The Bertz CT molecular complexity index is 547. The van der Waals surface area contributed by atoms with Crippen LogP contribution in [-0.4, -0.2) is 89.1 Å². The Balaban J connectivity index is -0.0000000655. The molecule has 0 unspecified atom stereocenters. The molecular weight excluding hydrogens is 444 g/mol. The maximum atomic E-state index is 10.8. The molecule has 0 heterocycles. The van der Waals surface area contributed by atoms with Gasteiger partial charge in [0, 0.05) is 6.54 Å². The Morgan fingerprint density at radius 2 is 1.32 bits per heavy atom. The zero-order valence-electron chi connectivity index (χ0n) is 21.7. The van der Waals surface area contributed by atoms with Crippen LogP contribution in [0.1, 0.15) is 58.6 Å². The lowest BCUT2D eigenvalue weighted by molar-refractivity contribution is -0.121. The molecule has 0 aromatic carbocycles. The van der Waals surface area contributed by atoms with Crippen LogP contribution in [0.3, 0.4) is 0 Å². The number of amides is 1. The van der Waals surface area contributed by atoms with Crippen LogP contribution < -0.4 is 32.5 Å². The summed E-state index contributed by atoms with van der Waals surface area (Å²) in [5.74, 6) is -0.0394. The Morgan fingerprint density at radius 3 is 1.68 bits per heavy atom. The topological polar surface area (TPSA) is 189 Å². The number of nitrogens with one attached hydrogen (secondary N) is 5. The van der Waals surface area contributed by atoms with E-state index >= 15 is 0 Å². The van der Waals surface area contributed by atoms with Crippen molar-refractivity contribution in [3.05, 3.63) is 0 Å². The molecule has 0 aromatic heterocycles. The van der Waals surface area contributed by atoms with Crippen molar-refractivity contribution < 1.29 is 32.9 Å². The molecule has 0 aliphatic carbocycles. The maximum absolute atomic E-state index is 10.8. The van der Waals surface area contributed by atoms with Crippen molar-refractivity contribution in [2.24, 2.45) is 5.73 Å². The minimum Gasteiger partial charge on any atom is -0.348 e. The fraction of sp³-hybridized carbons (Fsp3) is 0.727. The lowest BCUT2D eigenvalue weighted by atomic mass is 10.4. The molecule has 0 atom stereocenters. The predicted octanol–water partition coefficient (Wildman–Crippen LogP) is -0.593. The van der Waals surface area contributed by atoms with E-state index in [4.69, 9.17) is 4.15 Å². The van der Waals surface area contributed by atoms with Crippen molar-refractivity contribution in [1.29, 1.82) is 0 Å². The van der Waals surface area contributed by atoms with Crippen molar-refractivity contribution in [3.63, 3.8) is 0 Å². The molecule has 12 heteroatoms. The number of aldehydes is 4. The highest BCUT2D eigenvalue weighted by Crippen LogP contribution is 1.70. The Hall–Kier alpha value is -2.38. The molecule has 0 radical (unpaired) electrons. The van der Waals surface area contributed by atoms with Crippen LogP contribution in [0.25, 0.3) is 0 Å². The molecule has 0 fully saturated rings. The van der Waals surface area contributed by atoms with E-state index in [1.807, 2.05) is 12.7 Å². The standard InChI is InChI=1S/C7H14N2O2.C6H13NO.C4H8N2O2.C2H5NO.3CH4/c1-2-3-8-6-7(11)9-4-5-10;1-3-4-7-5-6(2)8;7-3-1-5-6-2-4-8;3-1-2-4;;;/h5,8H,2-4,6H2,1H3,(H,9,11);7H,3-5H2,1-2H3;3-6H,1-2H2;2H,1,3H2;3*1H4/i5D;;3D;;;;/hD. The minimum atomic E-state index is -0.779. The van der Waals surface area contributed by atoms with Gasteiger partial charge in [0.05, 0.1) is 32.7 Å². The maximum Gasteiger partial charge on any atom is 0.234 e. The molecular formula is C22H52N6O6. The number of carbonyl (C=O) groups is 6. The van der Waals surface area contributed by atoms with Gasteiger partial charge in [0.1, 0.15) is 35.0 Å². The van der Waals surface area contributed by atoms with Crippen molar-refractivity contribution in [3.8, 4) is 0 Å². The first-order valence-corrected chi connectivity index (χ1v) is 9.76. The molecule has 0 spiro atoms. The van der Waals surface area contributed by atoms with Crippen LogP contribution in [0, 0.1) is 0 Å². The van der Waals surface area contributed by atoms with Gasteiger partial charge in [0.15, 0.2) is 0 Å². The summed E-state index contributed by atoms with van der Waals surface area (Å²) < 4.78 is 19.0. The van der Waals surface area contributed by atoms with Crippen LogP contribution >= 0.6 is 0 Å². The lowest BCUT2D eigenvalue weighted by Gasteiger charge is -2.01. The summed E-state index contributed by atoms with van der Waals surface area (Å²) in [6.45, 7) is 8.11. The lowest BCUT2D eigenvalue weighted by Crippen LogP contribution is -2.34. The second kappa shape index (κ2) is 52.5. The number of carbonyl (C=O) groups excluding carboxylic acids is 6. The van der Waals surface area contributed by atoms with E-state index in [0.717, 1.165) is 25.9 Å². The number of ketones is 1. The third-order valence-corrected chi connectivity index (χ3v) is 2.43.